The second-order valence-corrected chi connectivity index (χ2v) is 7.41. The van der Waals surface area contributed by atoms with Gasteiger partial charge >= 0.3 is 0 Å². The van der Waals surface area contributed by atoms with E-state index in [1.165, 1.54) is 0 Å². The summed E-state index contributed by atoms with van der Waals surface area (Å²) in [4.78, 5) is 14.8. The van der Waals surface area contributed by atoms with Gasteiger partial charge in [0.05, 0.1) is 6.10 Å². The number of carbonyl (C=O) groups excluding carboxylic acids is 1. The van der Waals surface area contributed by atoms with E-state index < -0.39 is 12.2 Å². The van der Waals surface area contributed by atoms with E-state index in [0.717, 1.165) is 36.1 Å². The lowest BCUT2D eigenvalue weighted by molar-refractivity contribution is -0.0150. The number of nitrogens with zero attached hydrogens (tertiary/aromatic N) is 1. The van der Waals surface area contributed by atoms with Crippen LogP contribution >= 0.6 is 0 Å². The highest BCUT2D eigenvalue weighted by Crippen LogP contribution is 2.22. The van der Waals surface area contributed by atoms with Gasteiger partial charge in [-0.1, -0.05) is 36.4 Å². The van der Waals surface area contributed by atoms with Crippen molar-refractivity contribution in [3.05, 3.63) is 65.2 Å². The molecule has 2 aromatic rings. The third kappa shape index (κ3) is 5.12. The molecule has 0 spiro atoms. The Kier molecular flexibility index (Phi) is 7.06. The van der Waals surface area contributed by atoms with Crippen molar-refractivity contribution in [2.24, 2.45) is 0 Å². The molecule has 150 valence electrons. The van der Waals surface area contributed by atoms with E-state index >= 15 is 0 Å². The third-order valence-electron chi connectivity index (χ3n) is 5.31. The van der Waals surface area contributed by atoms with Crippen LogP contribution in [0.2, 0.25) is 0 Å². The molecule has 1 heterocycles. The molecule has 0 radical (unpaired) electrons. The number of hydrogen-bond acceptors (Lipinski definition) is 4. The van der Waals surface area contributed by atoms with Crippen molar-refractivity contribution >= 4 is 5.91 Å². The summed E-state index contributed by atoms with van der Waals surface area (Å²) in [6.07, 6.45) is 1.02. The van der Waals surface area contributed by atoms with Crippen LogP contribution in [-0.2, 0) is 6.42 Å². The van der Waals surface area contributed by atoms with Crippen LogP contribution in [0.25, 0.3) is 0 Å². The normalized spacial score (nSPS) is 21.5. The number of rotatable bonds is 1. The number of fused-ring (bicyclic) bond motifs is 1. The van der Waals surface area contributed by atoms with Crippen molar-refractivity contribution in [1.82, 2.24) is 4.90 Å². The van der Waals surface area contributed by atoms with Crippen molar-refractivity contribution in [2.75, 3.05) is 19.7 Å². The summed E-state index contributed by atoms with van der Waals surface area (Å²) in [6, 6.07) is 15.4. The minimum atomic E-state index is -0.996. The number of benzene rings is 2. The molecular weight excluding hydrogens is 354 g/mol. The number of ether oxygens (including phenoxy) is 1. The molecule has 0 saturated heterocycles. The number of para-hydroxylation sites is 1. The number of hydrogen-bond donors (Lipinski definition) is 2. The molecule has 2 N–H and O–H groups in total. The molecule has 2 aromatic carbocycles. The maximum atomic E-state index is 13.0. The fraction of sp³-hybridized carbons (Fsp3) is 0.435. The average Bonchev–Trinajstić information content (AvgIpc) is 2.72. The molecule has 1 amide bonds. The van der Waals surface area contributed by atoms with Gasteiger partial charge in [-0.05, 0) is 55.9 Å². The van der Waals surface area contributed by atoms with Gasteiger partial charge in [-0.25, -0.2) is 0 Å². The minimum absolute atomic E-state index is 0.0219. The lowest BCUT2D eigenvalue weighted by Crippen LogP contribution is -2.38. The summed E-state index contributed by atoms with van der Waals surface area (Å²) in [6.45, 7) is 2.99. The largest absolute Gasteiger partial charge is 0.491 e. The van der Waals surface area contributed by atoms with Gasteiger partial charge in [0.25, 0.3) is 5.91 Å². The van der Waals surface area contributed by atoms with Crippen LogP contribution in [0.15, 0.2) is 48.5 Å². The highest BCUT2D eigenvalue weighted by molar-refractivity contribution is 5.95. The van der Waals surface area contributed by atoms with Gasteiger partial charge < -0.3 is 19.8 Å². The zero-order chi connectivity index (χ0) is 19.9. The Balaban J connectivity index is 1.76. The van der Waals surface area contributed by atoms with Crippen LogP contribution < -0.4 is 4.74 Å². The predicted molar refractivity (Wildman–Crippen MR) is 109 cm³/mol. The minimum Gasteiger partial charge on any atom is -0.491 e. The molecule has 0 fully saturated rings. The second-order valence-electron chi connectivity index (χ2n) is 7.41. The Hall–Kier alpha value is -2.37. The van der Waals surface area contributed by atoms with Gasteiger partial charge in [0.2, 0.25) is 0 Å². The number of aliphatic hydroxyl groups is 2. The molecule has 0 aliphatic carbocycles. The van der Waals surface area contributed by atoms with Crippen molar-refractivity contribution in [3.8, 4) is 5.75 Å². The molecule has 0 unspecified atom stereocenters. The average molecular weight is 383 g/mol. The molecule has 0 bridgehead atoms. The third-order valence-corrected chi connectivity index (χ3v) is 5.31. The number of aryl methyl sites for hydroxylation is 2. The molecular formula is C23H29NO4. The van der Waals surface area contributed by atoms with Gasteiger partial charge in [0.1, 0.15) is 18.5 Å². The summed E-state index contributed by atoms with van der Waals surface area (Å²) in [5.41, 5.74) is 2.72. The molecule has 3 rings (SSSR count). The first-order valence-electron chi connectivity index (χ1n) is 9.98. The molecule has 1 aliphatic rings. The smallest absolute Gasteiger partial charge is 0.254 e. The van der Waals surface area contributed by atoms with Crippen LogP contribution in [0.5, 0.6) is 5.75 Å². The van der Waals surface area contributed by atoms with Crippen molar-refractivity contribution in [3.63, 3.8) is 0 Å². The first-order chi connectivity index (χ1) is 13.6. The van der Waals surface area contributed by atoms with Crippen LogP contribution in [0.3, 0.4) is 0 Å². The van der Waals surface area contributed by atoms with Gasteiger partial charge in [0.15, 0.2) is 0 Å². The van der Waals surface area contributed by atoms with Crippen molar-refractivity contribution in [2.45, 2.75) is 44.8 Å². The quantitative estimate of drug-likeness (QED) is 0.794. The molecule has 0 saturated carbocycles. The molecule has 5 heteroatoms. The first kappa shape index (κ1) is 20.4. The van der Waals surface area contributed by atoms with Crippen LogP contribution in [0, 0.1) is 6.92 Å². The van der Waals surface area contributed by atoms with Gasteiger partial charge in [-0.3, -0.25) is 4.79 Å². The van der Waals surface area contributed by atoms with Crippen LogP contribution in [-0.4, -0.2) is 52.9 Å². The first-order valence-corrected chi connectivity index (χ1v) is 9.98. The van der Waals surface area contributed by atoms with Crippen molar-refractivity contribution in [1.29, 1.82) is 0 Å². The van der Waals surface area contributed by atoms with Gasteiger partial charge in [-0.15, -0.1) is 0 Å². The van der Waals surface area contributed by atoms with E-state index in [0.29, 0.717) is 25.1 Å². The summed E-state index contributed by atoms with van der Waals surface area (Å²) in [5, 5.41) is 20.6. The Morgan fingerprint density at radius 3 is 2.57 bits per heavy atom. The standard InChI is InChI=1S/C23H29NO4/c1-17-8-2-4-11-19(17)23(27)24-14-7-6-10-18-9-3-5-12-22(18)28-16-21(26)20(25)13-15-24/h2-5,8-9,11-12,20-21,25-26H,6-7,10,13-16H2,1H3/t20-,21+/m0/s1. The van der Waals surface area contributed by atoms with E-state index in [1.54, 1.807) is 4.90 Å². The predicted octanol–water partition coefficient (Wildman–Crippen LogP) is 2.96. The monoisotopic (exact) mass is 383 g/mol. The SMILES string of the molecule is Cc1ccccc1C(=O)N1CCCCc2ccccc2OC[C@@H](O)[C@@H](O)CC1. The number of aliphatic hydroxyl groups excluding tert-OH is 2. The zero-order valence-electron chi connectivity index (χ0n) is 16.4. The molecule has 0 aromatic heterocycles. The molecule has 2 atom stereocenters. The number of amides is 1. The fourth-order valence-electron chi connectivity index (χ4n) is 3.53. The molecule has 1 aliphatic heterocycles. The molecule has 5 nitrogen and oxygen atoms in total. The van der Waals surface area contributed by atoms with E-state index in [4.69, 9.17) is 4.74 Å². The zero-order valence-corrected chi connectivity index (χ0v) is 16.4. The Morgan fingerprint density at radius 2 is 1.75 bits per heavy atom. The Bertz CT molecular complexity index is 792. The Labute approximate surface area is 166 Å². The van der Waals surface area contributed by atoms with Gasteiger partial charge in [-0.2, -0.15) is 0 Å². The van der Waals surface area contributed by atoms with Crippen molar-refractivity contribution < 1.29 is 19.7 Å². The summed E-state index contributed by atoms with van der Waals surface area (Å²) in [7, 11) is 0. The number of carbonyl (C=O) groups is 1. The fourth-order valence-corrected chi connectivity index (χ4v) is 3.53. The summed E-state index contributed by atoms with van der Waals surface area (Å²) < 4.78 is 5.75. The molecule has 28 heavy (non-hydrogen) atoms. The van der Waals surface area contributed by atoms with Gasteiger partial charge in [0, 0.05) is 18.7 Å². The van der Waals surface area contributed by atoms with E-state index in [9.17, 15) is 15.0 Å². The van der Waals surface area contributed by atoms with Crippen LogP contribution in [0.4, 0.5) is 0 Å². The lowest BCUT2D eigenvalue weighted by atomic mass is 10.1. The highest BCUT2D eigenvalue weighted by atomic mass is 16.5. The van der Waals surface area contributed by atoms with E-state index in [1.807, 2.05) is 55.5 Å². The maximum absolute atomic E-state index is 13.0. The highest BCUT2D eigenvalue weighted by Gasteiger charge is 2.22. The summed E-state index contributed by atoms with van der Waals surface area (Å²) >= 11 is 0. The van der Waals surface area contributed by atoms with Crippen LogP contribution in [0.1, 0.15) is 40.7 Å². The summed E-state index contributed by atoms with van der Waals surface area (Å²) in [5.74, 6) is 0.729. The topological polar surface area (TPSA) is 70.0 Å². The van der Waals surface area contributed by atoms with E-state index in [-0.39, 0.29) is 12.5 Å². The maximum Gasteiger partial charge on any atom is 0.254 e. The van der Waals surface area contributed by atoms with E-state index in [2.05, 4.69) is 0 Å². The Morgan fingerprint density at radius 1 is 1.00 bits per heavy atom. The lowest BCUT2D eigenvalue weighted by Gasteiger charge is -2.26. The second kappa shape index (κ2) is 9.71.